The van der Waals surface area contributed by atoms with E-state index in [-0.39, 0.29) is 5.41 Å². The van der Waals surface area contributed by atoms with Crippen LogP contribution in [-0.2, 0) is 18.3 Å². The second kappa shape index (κ2) is 15.5. The summed E-state index contributed by atoms with van der Waals surface area (Å²) in [5, 5.41) is 4.78. The Morgan fingerprint density at radius 2 is 0.912 bits per heavy atom. The summed E-state index contributed by atoms with van der Waals surface area (Å²) < 4.78 is 6.65. The topological polar surface area (TPSA) is 19.6 Å². The van der Waals surface area contributed by atoms with Gasteiger partial charge in [0.1, 0.15) is 11.2 Å². The molecule has 3 atom stereocenters. The molecule has 0 amide bonds. The molecule has 0 saturated heterocycles. The van der Waals surface area contributed by atoms with E-state index in [1.165, 1.54) is 90.9 Å². The summed E-state index contributed by atoms with van der Waals surface area (Å²) in [6, 6.07) is 85.1. The molecule has 10 aromatic carbocycles. The number of anilines is 6. The van der Waals surface area contributed by atoms with Crippen LogP contribution in [0.3, 0.4) is 0 Å². The van der Waals surface area contributed by atoms with Crippen molar-refractivity contribution in [2.24, 2.45) is 11.8 Å². The second-order valence-electron chi connectivity index (χ2n) is 19.1. The Labute approximate surface area is 397 Å². The van der Waals surface area contributed by atoms with Gasteiger partial charge in [-0.05, 0) is 160 Å². The van der Waals surface area contributed by atoms with E-state index in [1.807, 2.05) is 0 Å². The van der Waals surface area contributed by atoms with Crippen molar-refractivity contribution in [2.45, 2.75) is 31.1 Å². The first-order chi connectivity index (χ1) is 33.7. The minimum absolute atomic E-state index is 0.170. The van der Waals surface area contributed by atoms with Crippen molar-refractivity contribution < 1.29 is 4.42 Å². The van der Waals surface area contributed by atoms with Crippen LogP contribution in [0.4, 0.5) is 34.1 Å². The van der Waals surface area contributed by atoms with Gasteiger partial charge in [-0.15, -0.1) is 0 Å². The molecule has 3 nitrogen and oxygen atoms in total. The maximum Gasteiger partial charge on any atom is 0.137 e. The van der Waals surface area contributed by atoms with E-state index in [1.54, 1.807) is 0 Å². The maximum absolute atomic E-state index is 6.65. The van der Waals surface area contributed by atoms with E-state index in [0.717, 1.165) is 46.2 Å². The number of para-hydroxylation sites is 3. The first kappa shape index (κ1) is 39.1. The number of furan rings is 1. The Bertz CT molecular complexity index is 3660. The standard InChI is InChI=1S/C65H48N2O/c1-4-17-45(18-5-1)62-54-25-11-10-16-43(54)32-38-55(62)44-30-35-52(36-31-44)67(53-37-39-57-56-26-12-13-29-60(56)68-61(57)42-53)59-28-15-20-47-41-49-34-33-48-40-46-19-14-27-58(63(46)65(48,49)64(47)59)66(50-21-6-2-7-22-50)51-23-8-3-9-24-51/h1-32,35-39,42,48-49H,33-34,40-41H2. The fourth-order valence-corrected chi connectivity index (χ4v) is 13.1. The quantitative estimate of drug-likeness (QED) is 0.152. The van der Waals surface area contributed by atoms with Crippen molar-refractivity contribution in [1.29, 1.82) is 0 Å². The summed E-state index contributed by atoms with van der Waals surface area (Å²) >= 11 is 0. The zero-order chi connectivity index (χ0) is 44.8. The minimum Gasteiger partial charge on any atom is -0.456 e. The van der Waals surface area contributed by atoms with Crippen molar-refractivity contribution >= 4 is 66.8 Å². The number of benzene rings is 10. The molecule has 1 spiro atoms. The summed E-state index contributed by atoms with van der Waals surface area (Å²) in [6.45, 7) is 0. The number of fused-ring (bicyclic) bond motifs is 6. The van der Waals surface area contributed by atoms with Gasteiger partial charge in [0.25, 0.3) is 0 Å². The largest absolute Gasteiger partial charge is 0.456 e. The fourth-order valence-electron chi connectivity index (χ4n) is 13.1. The SMILES string of the molecule is c1ccc(-c2c(-c3ccc(N(c4ccc5c(c4)oc4ccccc45)c4cccc5c4C46c7c(cccc7N(c7ccccc7)c7ccccc7)CC4CCC6C5)cc3)ccc3ccccc23)cc1. The van der Waals surface area contributed by atoms with Gasteiger partial charge in [0.15, 0.2) is 0 Å². The van der Waals surface area contributed by atoms with E-state index in [4.69, 9.17) is 4.42 Å². The van der Waals surface area contributed by atoms with E-state index in [2.05, 4.69) is 240 Å². The van der Waals surface area contributed by atoms with Gasteiger partial charge in [-0.1, -0.05) is 158 Å². The third kappa shape index (κ3) is 5.85. The van der Waals surface area contributed by atoms with Crippen LogP contribution in [0.2, 0.25) is 0 Å². The van der Waals surface area contributed by atoms with Gasteiger partial charge < -0.3 is 14.2 Å². The lowest BCUT2D eigenvalue weighted by Crippen LogP contribution is -2.34. The molecule has 0 radical (unpaired) electrons. The lowest BCUT2D eigenvalue weighted by atomic mass is 9.68. The molecule has 324 valence electrons. The fraction of sp³-hybridized carbons (Fsp3) is 0.108. The molecule has 0 N–H and O–H groups in total. The van der Waals surface area contributed by atoms with Crippen molar-refractivity contribution in [1.82, 2.24) is 0 Å². The van der Waals surface area contributed by atoms with Crippen LogP contribution in [-0.4, -0.2) is 0 Å². The Morgan fingerprint density at radius 1 is 0.382 bits per heavy atom. The number of hydrogen-bond donors (Lipinski definition) is 0. The Balaban J connectivity index is 0.989. The van der Waals surface area contributed by atoms with Crippen LogP contribution in [0.25, 0.3) is 55.0 Å². The second-order valence-corrected chi connectivity index (χ2v) is 19.1. The van der Waals surface area contributed by atoms with Crippen molar-refractivity contribution in [3.63, 3.8) is 0 Å². The molecule has 68 heavy (non-hydrogen) atoms. The summed E-state index contributed by atoms with van der Waals surface area (Å²) in [7, 11) is 0. The van der Waals surface area contributed by atoms with Crippen LogP contribution in [0.1, 0.15) is 35.1 Å². The van der Waals surface area contributed by atoms with E-state index < -0.39 is 0 Å². The predicted molar refractivity (Wildman–Crippen MR) is 282 cm³/mol. The van der Waals surface area contributed by atoms with Crippen molar-refractivity contribution in [2.75, 3.05) is 9.80 Å². The highest BCUT2D eigenvalue weighted by Gasteiger charge is 2.62. The third-order valence-electron chi connectivity index (χ3n) is 15.7. The molecule has 11 aromatic rings. The van der Waals surface area contributed by atoms with Gasteiger partial charge in [-0.25, -0.2) is 0 Å². The van der Waals surface area contributed by atoms with Crippen molar-refractivity contribution in [3.05, 3.63) is 253 Å². The van der Waals surface area contributed by atoms with Gasteiger partial charge >= 0.3 is 0 Å². The summed E-state index contributed by atoms with van der Waals surface area (Å²) in [5.41, 5.74) is 19.6. The summed E-state index contributed by atoms with van der Waals surface area (Å²) in [6.07, 6.45) is 4.60. The maximum atomic E-state index is 6.65. The first-order valence-corrected chi connectivity index (χ1v) is 24.3. The molecule has 3 aliphatic rings. The summed E-state index contributed by atoms with van der Waals surface area (Å²) in [5.74, 6) is 0.983. The molecule has 1 heterocycles. The van der Waals surface area contributed by atoms with E-state index >= 15 is 0 Å². The van der Waals surface area contributed by atoms with Gasteiger partial charge in [-0.3, -0.25) is 0 Å². The molecule has 14 rings (SSSR count). The monoisotopic (exact) mass is 872 g/mol. The van der Waals surface area contributed by atoms with Crippen LogP contribution in [0, 0.1) is 11.8 Å². The lowest BCUT2D eigenvalue weighted by molar-refractivity contribution is 0.350. The average Bonchev–Trinajstić information content (AvgIpc) is 4.14. The molecule has 0 bridgehead atoms. The average molecular weight is 873 g/mol. The number of rotatable bonds is 8. The highest BCUT2D eigenvalue weighted by Crippen LogP contribution is 2.69. The van der Waals surface area contributed by atoms with Gasteiger partial charge in [0.2, 0.25) is 0 Å². The molecular formula is C65H48N2O. The predicted octanol–water partition coefficient (Wildman–Crippen LogP) is 17.4. The molecule has 3 aliphatic carbocycles. The van der Waals surface area contributed by atoms with Crippen LogP contribution >= 0.6 is 0 Å². The minimum atomic E-state index is -0.170. The van der Waals surface area contributed by atoms with Crippen molar-refractivity contribution in [3.8, 4) is 22.3 Å². The Kier molecular flexibility index (Phi) is 8.89. The molecule has 1 aromatic heterocycles. The van der Waals surface area contributed by atoms with Crippen LogP contribution in [0.5, 0.6) is 0 Å². The van der Waals surface area contributed by atoms with E-state index in [9.17, 15) is 0 Å². The number of nitrogens with zero attached hydrogens (tertiary/aromatic N) is 2. The summed E-state index contributed by atoms with van der Waals surface area (Å²) in [4.78, 5) is 5.07. The normalized spacial score (nSPS) is 17.8. The molecule has 1 fully saturated rings. The molecular weight excluding hydrogens is 825 g/mol. The Morgan fingerprint density at radius 3 is 1.57 bits per heavy atom. The Hall–Kier alpha value is -8.14. The smallest absolute Gasteiger partial charge is 0.137 e. The van der Waals surface area contributed by atoms with Gasteiger partial charge in [-0.2, -0.15) is 0 Å². The van der Waals surface area contributed by atoms with Crippen LogP contribution < -0.4 is 9.80 Å². The zero-order valence-corrected chi connectivity index (χ0v) is 37.7. The number of hydrogen-bond acceptors (Lipinski definition) is 3. The highest BCUT2D eigenvalue weighted by atomic mass is 16.3. The lowest BCUT2D eigenvalue weighted by Gasteiger charge is -2.40. The van der Waals surface area contributed by atoms with E-state index in [0.29, 0.717) is 11.8 Å². The molecule has 3 unspecified atom stereocenters. The first-order valence-electron chi connectivity index (χ1n) is 24.3. The highest BCUT2D eigenvalue weighted by molar-refractivity contribution is 6.07. The zero-order valence-electron chi connectivity index (χ0n) is 37.7. The molecule has 1 saturated carbocycles. The third-order valence-corrected chi connectivity index (χ3v) is 15.7. The van der Waals surface area contributed by atoms with Crippen LogP contribution in [0.15, 0.2) is 235 Å². The molecule has 3 heteroatoms. The van der Waals surface area contributed by atoms with Gasteiger partial charge in [0.05, 0.1) is 11.4 Å². The molecule has 0 aliphatic heterocycles. The van der Waals surface area contributed by atoms with Gasteiger partial charge in [0, 0.05) is 45.0 Å².